The van der Waals surface area contributed by atoms with Crippen molar-refractivity contribution in [3.05, 3.63) is 48.4 Å². The molecule has 0 bridgehead atoms. The number of amides is 1. The predicted octanol–water partition coefficient (Wildman–Crippen LogP) is 3.44. The molecule has 0 spiro atoms. The van der Waals surface area contributed by atoms with Crippen LogP contribution in [0.4, 0.5) is 0 Å². The second kappa shape index (κ2) is 8.11. The number of thioether (sulfide) groups is 1. The van der Waals surface area contributed by atoms with Crippen molar-refractivity contribution < 1.29 is 4.79 Å². The van der Waals surface area contributed by atoms with Gasteiger partial charge in [-0.1, -0.05) is 18.9 Å². The lowest BCUT2D eigenvalue weighted by Gasteiger charge is -2.11. The molecule has 1 saturated carbocycles. The lowest BCUT2D eigenvalue weighted by Crippen LogP contribution is -2.25. The van der Waals surface area contributed by atoms with E-state index in [2.05, 4.69) is 15.3 Å². The van der Waals surface area contributed by atoms with E-state index in [0.717, 1.165) is 16.8 Å². The van der Waals surface area contributed by atoms with E-state index in [-0.39, 0.29) is 5.91 Å². The fraction of sp³-hybridized carbons (Fsp3) is 0.389. The minimum atomic E-state index is 0.0999. The fourth-order valence-electron chi connectivity index (χ4n) is 2.84. The van der Waals surface area contributed by atoms with Gasteiger partial charge in [0.2, 0.25) is 5.91 Å². The average Bonchev–Trinajstić information content (AvgIpc) is 3.13. The van der Waals surface area contributed by atoms with E-state index in [4.69, 9.17) is 0 Å². The smallest absolute Gasteiger partial charge is 0.230 e. The van der Waals surface area contributed by atoms with Crippen LogP contribution in [0, 0.1) is 0 Å². The molecule has 4 nitrogen and oxygen atoms in total. The molecule has 120 valence electrons. The highest BCUT2D eigenvalue weighted by molar-refractivity contribution is 8.00. The quantitative estimate of drug-likeness (QED) is 0.883. The number of carbonyl (C=O) groups excluding carboxylic acids is 1. The molecule has 0 aromatic carbocycles. The summed E-state index contributed by atoms with van der Waals surface area (Å²) < 4.78 is 0. The number of hydrogen-bond donors (Lipinski definition) is 1. The number of pyridine rings is 2. The summed E-state index contributed by atoms with van der Waals surface area (Å²) in [4.78, 5) is 20.6. The molecule has 1 aliphatic rings. The average molecular weight is 327 g/mol. The van der Waals surface area contributed by atoms with Crippen molar-refractivity contribution in [2.24, 2.45) is 0 Å². The number of nitrogens with zero attached hydrogens (tertiary/aromatic N) is 2. The molecule has 1 N–H and O–H groups in total. The largest absolute Gasteiger partial charge is 0.351 e. The fourth-order valence-corrected chi connectivity index (χ4v) is 3.99. The summed E-state index contributed by atoms with van der Waals surface area (Å²) in [5.74, 6) is 0.649. The summed E-state index contributed by atoms with van der Waals surface area (Å²) in [6.07, 6.45) is 10.4. The first kappa shape index (κ1) is 16.0. The zero-order valence-electron chi connectivity index (χ0n) is 13.1. The van der Waals surface area contributed by atoms with Gasteiger partial charge < -0.3 is 5.32 Å². The van der Waals surface area contributed by atoms with E-state index < -0.39 is 0 Å². The maximum atomic E-state index is 12.1. The van der Waals surface area contributed by atoms with Crippen molar-refractivity contribution >= 4 is 17.7 Å². The van der Waals surface area contributed by atoms with E-state index in [1.165, 1.54) is 25.7 Å². The van der Waals surface area contributed by atoms with Gasteiger partial charge in [0.25, 0.3) is 0 Å². The Labute approximate surface area is 141 Å². The third-order valence-electron chi connectivity index (χ3n) is 4.05. The van der Waals surface area contributed by atoms with E-state index in [0.29, 0.717) is 17.5 Å². The van der Waals surface area contributed by atoms with Crippen LogP contribution in [-0.4, -0.2) is 26.9 Å². The Kier molecular flexibility index (Phi) is 5.64. The lowest BCUT2D eigenvalue weighted by atomic mass is 10.1. The van der Waals surface area contributed by atoms with E-state index in [9.17, 15) is 4.79 Å². The number of hydrogen-bond acceptors (Lipinski definition) is 4. The van der Waals surface area contributed by atoms with Crippen LogP contribution < -0.4 is 5.32 Å². The topological polar surface area (TPSA) is 54.9 Å². The highest BCUT2D eigenvalue weighted by Crippen LogP contribution is 2.29. The Hall–Kier alpha value is -1.88. The van der Waals surface area contributed by atoms with Crippen LogP contribution in [0.1, 0.15) is 31.2 Å². The molecule has 1 fully saturated rings. The monoisotopic (exact) mass is 327 g/mol. The molecular formula is C18H21N3OS. The Bertz CT molecular complexity index is 642. The maximum Gasteiger partial charge on any atom is 0.230 e. The lowest BCUT2D eigenvalue weighted by molar-refractivity contribution is -0.118. The van der Waals surface area contributed by atoms with Gasteiger partial charge in [-0.3, -0.25) is 14.8 Å². The molecular weight excluding hydrogens is 306 g/mol. The van der Waals surface area contributed by atoms with Crippen molar-refractivity contribution in [1.29, 1.82) is 0 Å². The molecule has 2 heterocycles. The summed E-state index contributed by atoms with van der Waals surface area (Å²) in [6, 6.07) is 7.77. The molecule has 5 heteroatoms. The first-order chi connectivity index (χ1) is 11.3. The van der Waals surface area contributed by atoms with Crippen molar-refractivity contribution in [2.45, 2.75) is 37.5 Å². The molecule has 0 unspecified atom stereocenters. The zero-order valence-corrected chi connectivity index (χ0v) is 13.9. The van der Waals surface area contributed by atoms with Gasteiger partial charge >= 0.3 is 0 Å². The minimum absolute atomic E-state index is 0.0999. The van der Waals surface area contributed by atoms with Crippen LogP contribution in [0.2, 0.25) is 0 Å². The van der Waals surface area contributed by atoms with Gasteiger partial charge in [-0.15, -0.1) is 11.8 Å². The van der Waals surface area contributed by atoms with Crippen molar-refractivity contribution in [2.75, 3.05) is 5.75 Å². The Morgan fingerprint density at radius 1 is 1.22 bits per heavy atom. The first-order valence-electron chi connectivity index (χ1n) is 8.05. The van der Waals surface area contributed by atoms with Gasteiger partial charge in [-0.05, 0) is 36.6 Å². The Balaban J connectivity index is 1.56. The van der Waals surface area contributed by atoms with E-state index >= 15 is 0 Å². The summed E-state index contributed by atoms with van der Waals surface area (Å²) in [7, 11) is 0. The Morgan fingerprint density at radius 3 is 2.83 bits per heavy atom. The van der Waals surface area contributed by atoms with E-state index in [1.54, 1.807) is 30.4 Å². The van der Waals surface area contributed by atoms with Gasteiger partial charge in [0.05, 0.1) is 11.4 Å². The third-order valence-corrected chi connectivity index (χ3v) is 5.43. The number of aromatic nitrogens is 2. The summed E-state index contributed by atoms with van der Waals surface area (Å²) in [5, 5.41) is 3.68. The van der Waals surface area contributed by atoms with Crippen LogP contribution in [0.3, 0.4) is 0 Å². The van der Waals surface area contributed by atoms with Crippen LogP contribution in [0.15, 0.2) is 42.9 Å². The molecule has 0 radical (unpaired) electrons. The van der Waals surface area contributed by atoms with Crippen molar-refractivity contribution in [3.8, 4) is 11.3 Å². The molecule has 0 saturated heterocycles. The normalized spacial score (nSPS) is 14.8. The molecule has 2 aromatic rings. The summed E-state index contributed by atoms with van der Waals surface area (Å²) >= 11 is 1.79. The van der Waals surface area contributed by atoms with Crippen LogP contribution in [-0.2, 0) is 11.3 Å². The zero-order chi connectivity index (χ0) is 15.9. The van der Waals surface area contributed by atoms with Crippen molar-refractivity contribution in [3.63, 3.8) is 0 Å². The molecule has 23 heavy (non-hydrogen) atoms. The predicted molar refractivity (Wildman–Crippen MR) is 94.0 cm³/mol. The second-order valence-electron chi connectivity index (χ2n) is 5.75. The standard InChI is InChI=1S/C18H21N3OS/c22-17(13-23-16-7-1-2-8-16)21-12-15-6-4-10-20-18(15)14-5-3-9-19-11-14/h3-6,9-11,16H,1-2,7-8,12-13H2,(H,21,22). The number of rotatable bonds is 6. The molecule has 3 rings (SSSR count). The number of carbonyl (C=O) groups is 1. The van der Waals surface area contributed by atoms with Gasteiger partial charge in [0, 0.05) is 35.9 Å². The Morgan fingerprint density at radius 2 is 2.04 bits per heavy atom. The maximum absolute atomic E-state index is 12.1. The van der Waals surface area contributed by atoms with Crippen LogP contribution >= 0.6 is 11.8 Å². The summed E-state index contributed by atoms with van der Waals surface area (Å²) in [6.45, 7) is 0.502. The molecule has 1 amide bonds. The second-order valence-corrected chi connectivity index (χ2v) is 7.04. The SMILES string of the molecule is O=C(CSC1CCCC1)NCc1cccnc1-c1cccnc1. The van der Waals surface area contributed by atoms with E-state index in [1.807, 2.05) is 24.3 Å². The molecule has 1 aliphatic carbocycles. The molecule has 0 aliphatic heterocycles. The molecule has 2 aromatic heterocycles. The van der Waals surface area contributed by atoms with Gasteiger partial charge in [-0.25, -0.2) is 0 Å². The van der Waals surface area contributed by atoms with Crippen LogP contribution in [0.5, 0.6) is 0 Å². The minimum Gasteiger partial charge on any atom is -0.351 e. The van der Waals surface area contributed by atoms with Gasteiger partial charge in [0.15, 0.2) is 0 Å². The number of nitrogens with one attached hydrogen (secondary N) is 1. The van der Waals surface area contributed by atoms with Gasteiger partial charge in [0.1, 0.15) is 0 Å². The highest BCUT2D eigenvalue weighted by atomic mass is 32.2. The van der Waals surface area contributed by atoms with Crippen molar-refractivity contribution in [1.82, 2.24) is 15.3 Å². The first-order valence-corrected chi connectivity index (χ1v) is 9.10. The summed E-state index contributed by atoms with van der Waals surface area (Å²) in [5.41, 5.74) is 2.86. The highest BCUT2D eigenvalue weighted by Gasteiger charge is 2.16. The van der Waals surface area contributed by atoms with Gasteiger partial charge in [-0.2, -0.15) is 0 Å². The third kappa shape index (κ3) is 4.55. The van der Waals surface area contributed by atoms with Crippen LogP contribution in [0.25, 0.3) is 11.3 Å². The molecule has 0 atom stereocenters.